The van der Waals surface area contributed by atoms with Gasteiger partial charge in [-0.1, -0.05) is 0 Å². The van der Waals surface area contributed by atoms with E-state index in [0.717, 1.165) is 32.5 Å². The number of carbonyl (C=O) groups is 1. The van der Waals surface area contributed by atoms with Crippen molar-refractivity contribution in [2.24, 2.45) is 5.41 Å². The molecule has 1 aromatic carbocycles. The van der Waals surface area contributed by atoms with Crippen LogP contribution in [0.4, 0.5) is 4.39 Å². The Labute approximate surface area is 130 Å². The highest BCUT2D eigenvalue weighted by Gasteiger charge is 2.42. The molecule has 1 unspecified atom stereocenters. The van der Waals surface area contributed by atoms with Crippen molar-refractivity contribution in [3.05, 3.63) is 29.6 Å². The Morgan fingerprint density at radius 1 is 1.43 bits per heavy atom. The number of nitrogens with zero attached hydrogens (tertiary/aromatic N) is 1. The number of halogens is 2. The second-order valence-electron chi connectivity index (χ2n) is 5.75. The van der Waals surface area contributed by atoms with Gasteiger partial charge in [0.2, 0.25) is 0 Å². The first-order chi connectivity index (χ1) is 9.63. The molecule has 1 amide bonds. The number of nitrogens with one attached hydrogen (secondary N) is 1. The summed E-state index contributed by atoms with van der Waals surface area (Å²) in [6.45, 7) is 3.41. The highest BCUT2D eigenvalue weighted by Crippen LogP contribution is 2.36. The van der Waals surface area contributed by atoms with E-state index in [1.165, 1.54) is 19.2 Å². The zero-order valence-electron chi connectivity index (χ0n) is 12.0. The van der Waals surface area contributed by atoms with Crippen LogP contribution < -0.4 is 10.1 Å². The molecule has 0 aromatic heterocycles. The molecule has 2 heterocycles. The molecule has 0 radical (unpaired) electrons. The van der Waals surface area contributed by atoms with Gasteiger partial charge in [0.1, 0.15) is 11.6 Å². The Bertz CT molecular complexity index is 532. The molecule has 2 aliphatic heterocycles. The Kier molecular flexibility index (Phi) is 4.74. The molecule has 2 saturated heterocycles. The summed E-state index contributed by atoms with van der Waals surface area (Å²) in [6.07, 6.45) is 2.10. The minimum Gasteiger partial charge on any atom is -0.497 e. The first kappa shape index (κ1) is 16.0. The predicted molar refractivity (Wildman–Crippen MR) is 80.6 cm³/mol. The molecule has 3 rings (SSSR count). The largest absolute Gasteiger partial charge is 0.497 e. The summed E-state index contributed by atoms with van der Waals surface area (Å²) in [5, 5.41) is 3.35. The number of hydrogen-bond acceptors (Lipinski definition) is 3. The van der Waals surface area contributed by atoms with E-state index in [0.29, 0.717) is 12.3 Å². The van der Waals surface area contributed by atoms with Gasteiger partial charge in [0, 0.05) is 31.1 Å². The van der Waals surface area contributed by atoms with Gasteiger partial charge >= 0.3 is 0 Å². The van der Waals surface area contributed by atoms with Crippen LogP contribution >= 0.6 is 12.4 Å². The number of ether oxygens (including phenoxy) is 1. The lowest BCUT2D eigenvalue weighted by Crippen LogP contribution is -2.33. The Balaban J connectivity index is 0.00000161. The number of carbonyl (C=O) groups excluding carboxylic acids is 1. The third kappa shape index (κ3) is 2.99. The molecular formula is C15H20ClFN2O2. The van der Waals surface area contributed by atoms with E-state index < -0.39 is 5.82 Å². The van der Waals surface area contributed by atoms with Crippen LogP contribution in [0.2, 0.25) is 0 Å². The smallest absolute Gasteiger partial charge is 0.256 e. The molecule has 2 fully saturated rings. The van der Waals surface area contributed by atoms with E-state index in [4.69, 9.17) is 4.74 Å². The number of benzene rings is 1. The Morgan fingerprint density at radius 2 is 2.24 bits per heavy atom. The number of likely N-dealkylation sites (tertiary alicyclic amines) is 1. The van der Waals surface area contributed by atoms with Gasteiger partial charge in [0.15, 0.2) is 0 Å². The molecule has 0 bridgehead atoms. The highest BCUT2D eigenvalue weighted by molar-refractivity contribution is 5.94. The summed E-state index contributed by atoms with van der Waals surface area (Å²) in [5.74, 6) is -0.300. The maximum Gasteiger partial charge on any atom is 0.256 e. The number of methoxy groups -OCH3 is 1. The summed E-state index contributed by atoms with van der Waals surface area (Å²) in [5.41, 5.74) is 0.340. The van der Waals surface area contributed by atoms with Gasteiger partial charge in [-0.2, -0.15) is 0 Å². The topological polar surface area (TPSA) is 41.6 Å². The number of amides is 1. The van der Waals surface area contributed by atoms with E-state index >= 15 is 0 Å². The molecule has 1 N–H and O–H groups in total. The summed E-state index contributed by atoms with van der Waals surface area (Å²) >= 11 is 0. The van der Waals surface area contributed by atoms with Crippen molar-refractivity contribution in [1.29, 1.82) is 0 Å². The third-order valence-corrected chi connectivity index (χ3v) is 4.46. The zero-order chi connectivity index (χ0) is 14.2. The molecule has 0 aliphatic carbocycles. The zero-order valence-corrected chi connectivity index (χ0v) is 12.8. The normalized spacial score (nSPS) is 24.2. The van der Waals surface area contributed by atoms with Crippen LogP contribution in [0.3, 0.4) is 0 Å². The lowest BCUT2D eigenvalue weighted by molar-refractivity contribution is 0.0771. The summed E-state index contributed by atoms with van der Waals surface area (Å²) < 4.78 is 18.9. The van der Waals surface area contributed by atoms with Crippen LogP contribution in [-0.2, 0) is 0 Å². The maximum absolute atomic E-state index is 14.0. The maximum atomic E-state index is 14.0. The van der Waals surface area contributed by atoms with E-state index in [-0.39, 0.29) is 29.3 Å². The lowest BCUT2D eigenvalue weighted by atomic mass is 9.86. The average molecular weight is 315 g/mol. The molecule has 4 nitrogen and oxygen atoms in total. The van der Waals surface area contributed by atoms with E-state index in [9.17, 15) is 9.18 Å². The molecule has 116 valence electrons. The van der Waals surface area contributed by atoms with Gasteiger partial charge in [-0.3, -0.25) is 4.79 Å². The Morgan fingerprint density at radius 3 is 2.86 bits per heavy atom. The van der Waals surface area contributed by atoms with Crippen LogP contribution in [0, 0.1) is 11.2 Å². The van der Waals surface area contributed by atoms with Gasteiger partial charge in [0.25, 0.3) is 5.91 Å². The molecule has 2 aliphatic rings. The molecule has 1 aromatic rings. The average Bonchev–Trinajstić information content (AvgIpc) is 3.09. The fraction of sp³-hybridized carbons (Fsp3) is 0.533. The first-order valence-corrected chi connectivity index (χ1v) is 6.97. The van der Waals surface area contributed by atoms with E-state index in [2.05, 4.69) is 5.32 Å². The second kappa shape index (κ2) is 6.20. The van der Waals surface area contributed by atoms with Crippen molar-refractivity contribution >= 4 is 18.3 Å². The lowest BCUT2D eigenvalue weighted by Gasteiger charge is -2.23. The third-order valence-electron chi connectivity index (χ3n) is 4.46. The minimum atomic E-state index is -0.514. The van der Waals surface area contributed by atoms with E-state index in [1.807, 2.05) is 0 Å². The number of hydrogen-bond donors (Lipinski definition) is 1. The predicted octanol–water partition coefficient (Wildman–Crippen LogP) is 2.08. The van der Waals surface area contributed by atoms with Gasteiger partial charge in [-0.15, -0.1) is 12.4 Å². The number of rotatable bonds is 2. The molecule has 1 atom stereocenters. The monoisotopic (exact) mass is 314 g/mol. The molecular weight excluding hydrogens is 295 g/mol. The first-order valence-electron chi connectivity index (χ1n) is 6.97. The van der Waals surface area contributed by atoms with E-state index in [1.54, 1.807) is 11.0 Å². The second-order valence-corrected chi connectivity index (χ2v) is 5.75. The van der Waals surface area contributed by atoms with Crippen molar-refractivity contribution in [3.63, 3.8) is 0 Å². The standard InChI is InChI=1S/C15H19FN2O2.ClH/c1-20-11-2-3-12(13(16)8-11)14(19)18-7-5-15(10-18)4-6-17-9-15;/h2-3,8,17H,4-7,9-10H2,1H3;1H. The Hall–Kier alpha value is -1.33. The van der Waals surface area contributed by atoms with Crippen molar-refractivity contribution < 1.29 is 13.9 Å². The van der Waals surface area contributed by atoms with Gasteiger partial charge in [-0.25, -0.2) is 4.39 Å². The molecule has 1 spiro atoms. The highest BCUT2D eigenvalue weighted by atomic mass is 35.5. The van der Waals surface area contributed by atoms with Crippen LogP contribution in [0.5, 0.6) is 5.75 Å². The van der Waals surface area contributed by atoms with Crippen LogP contribution in [0.15, 0.2) is 18.2 Å². The summed E-state index contributed by atoms with van der Waals surface area (Å²) in [6, 6.07) is 4.39. The van der Waals surface area contributed by atoms with Crippen molar-refractivity contribution in [2.75, 3.05) is 33.3 Å². The quantitative estimate of drug-likeness (QED) is 0.909. The van der Waals surface area contributed by atoms with Gasteiger partial charge < -0.3 is 15.0 Å². The summed E-state index contributed by atoms with van der Waals surface area (Å²) in [7, 11) is 1.48. The van der Waals surface area contributed by atoms with Crippen molar-refractivity contribution in [1.82, 2.24) is 10.2 Å². The van der Waals surface area contributed by atoms with Crippen LogP contribution in [0.1, 0.15) is 23.2 Å². The van der Waals surface area contributed by atoms with Crippen LogP contribution in [-0.4, -0.2) is 44.1 Å². The molecule has 0 saturated carbocycles. The fourth-order valence-corrected chi connectivity index (χ4v) is 3.22. The minimum absolute atomic E-state index is 0. The fourth-order valence-electron chi connectivity index (χ4n) is 3.22. The van der Waals surface area contributed by atoms with Gasteiger partial charge in [0.05, 0.1) is 12.7 Å². The van der Waals surface area contributed by atoms with Gasteiger partial charge in [-0.05, 0) is 31.5 Å². The van der Waals surface area contributed by atoms with Crippen molar-refractivity contribution in [2.45, 2.75) is 12.8 Å². The molecule has 21 heavy (non-hydrogen) atoms. The summed E-state index contributed by atoms with van der Waals surface area (Å²) in [4.78, 5) is 14.2. The SMILES string of the molecule is COc1ccc(C(=O)N2CCC3(CCNC3)C2)c(F)c1.Cl. The van der Waals surface area contributed by atoms with Crippen molar-refractivity contribution in [3.8, 4) is 5.75 Å². The van der Waals surface area contributed by atoms with Crippen LogP contribution in [0.25, 0.3) is 0 Å². The molecule has 6 heteroatoms.